The first-order chi connectivity index (χ1) is 9.44. The summed E-state index contributed by atoms with van der Waals surface area (Å²) in [6, 6.07) is 5.40. The van der Waals surface area contributed by atoms with Crippen LogP contribution in [0.3, 0.4) is 0 Å². The summed E-state index contributed by atoms with van der Waals surface area (Å²) in [7, 11) is 0. The van der Waals surface area contributed by atoms with Crippen LogP contribution >= 0.6 is 15.9 Å². The lowest BCUT2D eigenvalue weighted by molar-refractivity contribution is -0.141. The molecule has 2 N–H and O–H groups in total. The van der Waals surface area contributed by atoms with Crippen LogP contribution in [0.1, 0.15) is 30.9 Å². The van der Waals surface area contributed by atoms with Gasteiger partial charge in [0.25, 0.3) is 0 Å². The summed E-state index contributed by atoms with van der Waals surface area (Å²) in [5.41, 5.74) is 2.53. The first-order valence-electron chi connectivity index (χ1n) is 6.76. The fourth-order valence-electron chi connectivity index (χ4n) is 3.35. The molecule has 3 rings (SSSR count). The van der Waals surface area contributed by atoms with Crippen LogP contribution in [0.2, 0.25) is 0 Å². The van der Waals surface area contributed by atoms with Gasteiger partial charge < -0.3 is 10.4 Å². The Bertz CT molecular complexity index is 601. The number of nitrogens with one attached hydrogen (secondary N) is 1. The maximum Gasteiger partial charge on any atom is 0.325 e. The van der Waals surface area contributed by atoms with E-state index >= 15 is 0 Å². The van der Waals surface area contributed by atoms with Gasteiger partial charge in [0.15, 0.2) is 0 Å². The lowest BCUT2D eigenvalue weighted by Gasteiger charge is -2.13. The van der Waals surface area contributed by atoms with Crippen molar-refractivity contribution in [3.63, 3.8) is 0 Å². The zero-order valence-corrected chi connectivity index (χ0v) is 12.7. The highest BCUT2D eigenvalue weighted by molar-refractivity contribution is 9.10. The van der Waals surface area contributed by atoms with Gasteiger partial charge in [0.1, 0.15) is 6.04 Å². The smallest absolute Gasteiger partial charge is 0.325 e. The average molecular weight is 338 g/mol. The molecule has 0 heterocycles. The standard InChI is InChI=1S/C15H16BrNO3/c1-8(14(19)20)17-13(18)12-7-15(12)5-4-9-6-10(16)2-3-11(9)15/h2-3,6,8,12H,4-5,7H2,1H3,(H,17,18)(H,19,20). The van der Waals surface area contributed by atoms with Crippen molar-refractivity contribution in [1.29, 1.82) is 0 Å². The third kappa shape index (κ3) is 2.04. The van der Waals surface area contributed by atoms with E-state index in [9.17, 15) is 9.59 Å². The Morgan fingerprint density at radius 1 is 1.50 bits per heavy atom. The van der Waals surface area contributed by atoms with E-state index in [0.717, 1.165) is 23.7 Å². The van der Waals surface area contributed by atoms with Gasteiger partial charge in [-0.15, -0.1) is 0 Å². The summed E-state index contributed by atoms with van der Waals surface area (Å²) in [5.74, 6) is -1.20. The SMILES string of the molecule is CC(NC(=O)C1CC12CCc1cc(Br)ccc12)C(=O)O. The second-order valence-electron chi connectivity index (χ2n) is 5.78. The minimum absolute atomic E-state index is 0.0433. The molecule has 0 aromatic heterocycles. The first-order valence-corrected chi connectivity index (χ1v) is 7.55. The number of carboxylic acids is 1. The zero-order chi connectivity index (χ0) is 14.5. The van der Waals surface area contributed by atoms with Crippen LogP contribution in [0.25, 0.3) is 0 Å². The summed E-state index contributed by atoms with van der Waals surface area (Å²) >= 11 is 3.47. The van der Waals surface area contributed by atoms with Gasteiger partial charge in [-0.25, -0.2) is 0 Å². The Balaban J connectivity index is 1.77. The minimum Gasteiger partial charge on any atom is -0.480 e. The zero-order valence-electron chi connectivity index (χ0n) is 11.1. The van der Waals surface area contributed by atoms with E-state index < -0.39 is 12.0 Å². The molecule has 1 fully saturated rings. The maximum atomic E-state index is 12.2. The number of carboxylic acid groups (broad SMARTS) is 1. The second-order valence-corrected chi connectivity index (χ2v) is 6.70. The van der Waals surface area contributed by atoms with E-state index in [1.54, 1.807) is 0 Å². The van der Waals surface area contributed by atoms with Crippen molar-refractivity contribution >= 4 is 27.8 Å². The van der Waals surface area contributed by atoms with Crippen LogP contribution in [0.15, 0.2) is 22.7 Å². The highest BCUT2D eigenvalue weighted by atomic mass is 79.9. The van der Waals surface area contributed by atoms with Crippen molar-refractivity contribution in [3.8, 4) is 0 Å². The second kappa shape index (κ2) is 4.58. The minimum atomic E-state index is -0.996. The summed E-state index contributed by atoms with van der Waals surface area (Å²) in [6.07, 6.45) is 2.81. The molecule has 20 heavy (non-hydrogen) atoms. The molecule has 0 saturated heterocycles. The van der Waals surface area contributed by atoms with Crippen LogP contribution in [0.4, 0.5) is 0 Å². The molecule has 1 saturated carbocycles. The highest BCUT2D eigenvalue weighted by Crippen LogP contribution is 2.61. The van der Waals surface area contributed by atoms with Crippen molar-refractivity contribution in [1.82, 2.24) is 5.32 Å². The van der Waals surface area contributed by atoms with Crippen molar-refractivity contribution in [2.75, 3.05) is 0 Å². The molecule has 1 aromatic rings. The first kappa shape index (κ1) is 13.6. The number of hydrogen-bond acceptors (Lipinski definition) is 2. The molecule has 106 valence electrons. The number of amides is 1. The molecule has 2 aliphatic rings. The number of aryl methyl sites for hydroxylation is 1. The lowest BCUT2D eigenvalue weighted by Crippen LogP contribution is -2.40. The van der Waals surface area contributed by atoms with E-state index in [1.165, 1.54) is 18.1 Å². The monoisotopic (exact) mass is 337 g/mol. The molecule has 0 bridgehead atoms. The number of carbonyl (C=O) groups is 2. The van der Waals surface area contributed by atoms with Gasteiger partial charge in [-0.3, -0.25) is 9.59 Å². The normalized spacial score (nSPS) is 28.0. The molecule has 4 nitrogen and oxygen atoms in total. The van der Waals surface area contributed by atoms with E-state index in [2.05, 4.69) is 33.4 Å². The Morgan fingerprint density at radius 2 is 2.25 bits per heavy atom. The molecule has 2 aliphatic carbocycles. The Morgan fingerprint density at radius 3 is 2.95 bits per heavy atom. The Hall–Kier alpha value is -1.36. The van der Waals surface area contributed by atoms with Gasteiger partial charge in [-0.1, -0.05) is 22.0 Å². The molecule has 1 spiro atoms. The summed E-state index contributed by atoms with van der Waals surface area (Å²) in [4.78, 5) is 23.0. The van der Waals surface area contributed by atoms with Gasteiger partial charge in [0.05, 0.1) is 0 Å². The Labute approximate surface area is 125 Å². The van der Waals surface area contributed by atoms with E-state index in [0.29, 0.717) is 0 Å². The molecule has 3 unspecified atom stereocenters. The quantitative estimate of drug-likeness (QED) is 0.888. The number of rotatable bonds is 3. The summed E-state index contributed by atoms with van der Waals surface area (Å²) in [6.45, 7) is 1.50. The summed E-state index contributed by atoms with van der Waals surface area (Å²) in [5, 5.41) is 11.4. The molecule has 0 aliphatic heterocycles. The number of halogens is 1. The predicted molar refractivity (Wildman–Crippen MR) is 77.5 cm³/mol. The molecule has 3 atom stereocenters. The van der Waals surface area contributed by atoms with Crippen LogP contribution in [0.5, 0.6) is 0 Å². The lowest BCUT2D eigenvalue weighted by atomic mass is 9.95. The Kier molecular flexibility index (Phi) is 3.12. The molecule has 5 heteroatoms. The van der Waals surface area contributed by atoms with Gasteiger partial charge in [-0.05, 0) is 49.4 Å². The van der Waals surface area contributed by atoms with Gasteiger partial charge in [0.2, 0.25) is 5.91 Å². The number of aliphatic carboxylic acids is 1. The maximum absolute atomic E-state index is 12.2. The largest absolute Gasteiger partial charge is 0.480 e. The third-order valence-corrected chi connectivity index (χ3v) is 5.06. The molecular weight excluding hydrogens is 322 g/mol. The highest BCUT2D eigenvalue weighted by Gasteiger charge is 2.61. The van der Waals surface area contributed by atoms with Crippen molar-refractivity contribution in [2.24, 2.45) is 5.92 Å². The van der Waals surface area contributed by atoms with E-state index in [-0.39, 0.29) is 17.2 Å². The van der Waals surface area contributed by atoms with E-state index in [1.807, 2.05) is 6.07 Å². The molecular formula is C15H16BrNO3. The van der Waals surface area contributed by atoms with Crippen molar-refractivity contribution < 1.29 is 14.7 Å². The van der Waals surface area contributed by atoms with Gasteiger partial charge >= 0.3 is 5.97 Å². The topological polar surface area (TPSA) is 66.4 Å². The number of carbonyl (C=O) groups excluding carboxylic acids is 1. The fourth-order valence-corrected chi connectivity index (χ4v) is 3.75. The van der Waals surface area contributed by atoms with Crippen LogP contribution in [-0.4, -0.2) is 23.0 Å². The molecule has 1 amide bonds. The summed E-state index contributed by atoms with van der Waals surface area (Å²) < 4.78 is 1.06. The van der Waals surface area contributed by atoms with Gasteiger partial charge in [-0.2, -0.15) is 0 Å². The molecule has 1 aromatic carbocycles. The van der Waals surface area contributed by atoms with Gasteiger partial charge in [0, 0.05) is 15.8 Å². The number of fused-ring (bicyclic) bond motifs is 2. The fraction of sp³-hybridized carbons (Fsp3) is 0.467. The van der Waals surface area contributed by atoms with Crippen LogP contribution in [0, 0.1) is 5.92 Å². The predicted octanol–water partition coefficient (Wildman–Crippen LogP) is 2.24. The average Bonchev–Trinajstić information content (AvgIpc) is 3.01. The van der Waals surface area contributed by atoms with Crippen molar-refractivity contribution in [2.45, 2.75) is 37.6 Å². The molecule has 0 radical (unpaired) electrons. The number of benzene rings is 1. The van der Waals surface area contributed by atoms with E-state index in [4.69, 9.17) is 5.11 Å². The van der Waals surface area contributed by atoms with Crippen LogP contribution in [-0.2, 0) is 21.4 Å². The van der Waals surface area contributed by atoms with Crippen molar-refractivity contribution in [3.05, 3.63) is 33.8 Å². The number of hydrogen-bond donors (Lipinski definition) is 2. The third-order valence-electron chi connectivity index (χ3n) is 4.57. The van der Waals surface area contributed by atoms with Crippen LogP contribution < -0.4 is 5.32 Å².